The maximum absolute atomic E-state index is 13.9. The monoisotopic (exact) mass is 273 g/mol. The molecule has 0 bridgehead atoms. The van der Waals surface area contributed by atoms with Crippen LogP contribution in [0.25, 0.3) is 0 Å². The van der Waals surface area contributed by atoms with Crippen LogP contribution >= 0.6 is 0 Å². The molecule has 0 aromatic heterocycles. The van der Waals surface area contributed by atoms with Crippen LogP contribution < -0.4 is 10.5 Å². The first-order chi connectivity index (χ1) is 9.60. The van der Waals surface area contributed by atoms with E-state index in [-0.39, 0.29) is 11.9 Å². The standard InChI is InChI=1S/C17H20FNO/c1-12-4-3-5-13(10-12)6-9-17(19)15-8-7-14(20-2)11-16(15)18/h3-5,7-8,10-11,17H,6,9,19H2,1-2H3. The largest absolute Gasteiger partial charge is 0.497 e. The first-order valence-corrected chi connectivity index (χ1v) is 6.74. The van der Waals surface area contributed by atoms with Crippen LogP contribution in [0.15, 0.2) is 42.5 Å². The summed E-state index contributed by atoms with van der Waals surface area (Å²) in [6.45, 7) is 2.06. The van der Waals surface area contributed by atoms with Gasteiger partial charge in [-0.3, -0.25) is 0 Å². The Bertz CT molecular complexity index is 583. The molecular formula is C17H20FNO. The number of ether oxygens (including phenoxy) is 1. The van der Waals surface area contributed by atoms with Crippen molar-refractivity contribution in [2.75, 3.05) is 7.11 Å². The Kier molecular flexibility index (Phi) is 4.74. The molecule has 0 aliphatic heterocycles. The number of aryl methyl sites for hydroxylation is 2. The lowest BCUT2D eigenvalue weighted by Crippen LogP contribution is -2.13. The molecular weight excluding hydrogens is 253 g/mol. The van der Waals surface area contributed by atoms with Crippen molar-refractivity contribution in [3.05, 3.63) is 65.0 Å². The van der Waals surface area contributed by atoms with Crippen LogP contribution in [0.4, 0.5) is 4.39 Å². The van der Waals surface area contributed by atoms with Gasteiger partial charge in [-0.1, -0.05) is 35.9 Å². The van der Waals surface area contributed by atoms with Gasteiger partial charge in [-0.2, -0.15) is 0 Å². The number of hydrogen-bond donors (Lipinski definition) is 1. The molecule has 2 aromatic carbocycles. The Morgan fingerprint density at radius 2 is 2.00 bits per heavy atom. The smallest absolute Gasteiger partial charge is 0.131 e. The zero-order valence-corrected chi connectivity index (χ0v) is 11.9. The van der Waals surface area contributed by atoms with E-state index in [0.29, 0.717) is 17.7 Å². The molecule has 2 rings (SSSR count). The average molecular weight is 273 g/mol. The number of rotatable bonds is 5. The molecule has 2 aromatic rings. The average Bonchev–Trinajstić information content (AvgIpc) is 2.44. The van der Waals surface area contributed by atoms with Gasteiger partial charge in [-0.15, -0.1) is 0 Å². The third-order valence-electron chi connectivity index (χ3n) is 3.43. The summed E-state index contributed by atoms with van der Waals surface area (Å²) in [4.78, 5) is 0. The van der Waals surface area contributed by atoms with Gasteiger partial charge in [-0.05, 0) is 31.4 Å². The van der Waals surface area contributed by atoms with Gasteiger partial charge < -0.3 is 10.5 Å². The van der Waals surface area contributed by atoms with Gasteiger partial charge in [-0.25, -0.2) is 4.39 Å². The Morgan fingerprint density at radius 3 is 2.65 bits per heavy atom. The second-order valence-electron chi connectivity index (χ2n) is 5.02. The Balaban J connectivity index is 2.03. The van der Waals surface area contributed by atoms with Gasteiger partial charge in [0.15, 0.2) is 0 Å². The summed E-state index contributed by atoms with van der Waals surface area (Å²) in [7, 11) is 1.52. The fourth-order valence-electron chi connectivity index (χ4n) is 2.28. The van der Waals surface area contributed by atoms with Crippen molar-refractivity contribution in [3.63, 3.8) is 0 Å². The lowest BCUT2D eigenvalue weighted by Gasteiger charge is -2.14. The van der Waals surface area contributed by atoms with E-state index in [9.17, 15) is 4.39 Å². The van der Waals surface area contributed by atoms with E-state index in [2.05, 4.69) is 25.1 Å². The highest BCUT2D eigenvalue weighted by atomic mass is 19.1. The summed E-state index contributed by atoms with van der Waals surface area (Å²) in [6.07, 6.45) is 1.56. The van der Waals surface area contributed by atoms with E-state index >= 15 is 0 Å². The molecule has 0 saturated carbocycles. The molecule has 20 heavy (non-hydrogen) atoms. The SMILES string of the molecule is COc1ccc(C(N)CCc2cccc(C)c2)c(F)c1. The molecule has 1 unspecified atom stereocenters. The van der Waals surface area contributed by atoms with Crippen molar-refractivity contribution in [1.29, 1.82) is 0 Å². The summed E-state index contributed by atoms with van der Waals surface area (Å²) in [6, 6.07) is 12.8. The predicted octanol–water partition coefficient (Wildman–Crippen LogP) is 3.78. The summed E-state index contributed by atoms with van der Waals surface area (Å²) in [5.74, 6) is 0.207. The number of benzene rings is 2. The quantitative estimate of drug-likeness (QED) is 0.900. The molecule has 2 N–H and O–H groups in total. The van der Waals surface area contributed by atoms with Crippen LogP contribution in [0.5, 0.6) is 5.75 Å². The van der Waals surface area contributed by atoms with E-state index in [1.54, 1.807) is 12.1 Å². The van der Waals surface area contributed by atoms with Crippen molar-refractivity contribution in [1.82, 2.24) is 0 Å². The molecule has 1 atom stereocenters. The van der Waals surface area contributed by atoms with Gasteiger partial charge in [0.2, 0.25) is 0 Å². The lowest BCUT2D eigenvalue weighted by molar-refractivity contribution is 0.410. The molecule has 2 nitrogen and oxygen atoms in total. The minimum Gasteiger partial charge on any atom is -0.497 e. The topological polar surface area (TPSA) is 35.2 Å². The Labute approximate surface area is 119 Å². The van der Waals surface area contributed by atoms with Crippen LogP contribution in [0, 0.1) is 12.7 Å². The fraction of sp³-hybridized carbons (Fsp3) is 0.294. The molecule has 0 heterocycles. The minimum atomic E-state index is -0.305. The molecule has 0 spiro atoms. The predicted molar refractivity (Wildman–Crippen MR) is 79.4 cm³/mol. The number of methoxy groups -OCH3 is 1. The lowest BCUT2D eigenvalue weighted by atomic mass is 9.98. The summed E-state index contributed by atoms with van der Waals surface area (Å²) >= 11 is 0. The van der Waals surface area contributed by atoms with Gasteiger partial charge in [0.25, 0.3) is 0 Å². The van der Waals surface area contributed by atoms with E-state index in [1.165, 1.54) is 24.3 Å². The van der Waals surface area contributed by atoms with Crippen molar-refractivity contribution in [3.8, 4) is 5.75 Å². The third kappa shape index (κ3) is 3.58. The Morgan fingerprint density at radius 1 is 1.20 bits per heavy atom. The number of halogens is 1. The highest BCUT2D eigenvalue weighted by Crippen LogP contribution is 2.23. The van der Waals surface area contributed by atoms with Crippen molar-refractivity contribution in [2.24, 2.45) is 5.73 Å². The molecule has 0 amide bonds. The molecule has 0 fully saturated rings. The van der Waals surface area contributed by atoms with E-state index in [0.717, 1.165) is 6.42 Å². The first kappa shape index (κ1) is 14.5. The molecule has 0 aliphatic carbocycles. The molecule has 0 aliphatic rings. The van der Waals surface area contributed by atoms with Crippen molar-refractivity contribution in [2.45, 2.75) is 25.8 Å². The fourth-order valence-corrected chi connectivity index (χ4v) is 2.28. The van der Waals surface area contributed by atoms with Crippen molar-refractivity contribution < 1.29 is 9.13 Å². The second kappa shape index (κ2) is 6.53. The van der Waals surface area contributed by atoms with E-state index in [4.69, 9.17) is 10.5 Å². The van der Waals surface area contributed by atoms with Crippen LogP contribution in [0.1, 0.15) is 29.2 Å². The normalized spacial score (nSPS) is 12.2. The number of hydrogen-bond acceptors (Lipinski definition) is 2. The third-order valence-corrected chi connectivity index (χ3v) is 3.43. The zero-order chi connectivity index (χ0) is 14.5. The van der Waals surface area contributed by atoms with Gasteiger partial charge >= 0.3 is 0 Å². The summed E-state index contributed by atoms with van der Waals surface area (Å²) in [5, 5.41) is 0. The molecule has 0 saturated heterocycles. The minimum absolute atomic E-state index is 0.304. The highest BCUT2D eigenvalue weighted by Gasteiger charge is 2.12. The van der Waals surface area contributed by atoms with E-state index < -0.39 is 0 Å². The molecule has 0 radical (unpaired) electrons. The van der Waals surface area contributed by atoms with Gasteiger partial charge in [0.05, 0.1) is 7.11 Å². The van der Waals surface area contributed by atoms with Crippen LogP contribution in [-0.4, -0.2) is 7.11 Å². The van der Waals surface area contributed by atoms with Gasteiger partial charge in [0, 0.05) is 17.7 Å². The second-order valence-corrected chi connectivity index (χ2v) is 5.02. The maximum Gasteiger partial charge on any atom is 0.131 e. The van der Waals surface area contributed by atoms with Crippen LogP contribution in [0.2, 0.25) is 0 Å². The van der Waals surface area contributed by atoms with Crippen LogP contribution in [0.3, 0.4) is 0 Å². The maximum atomic E-state index is 13.9. The molecule has 3 heteroatoms. The molecule has 106 valence electrons. The number of nitrogens with two attached hydrogens (primary N) is 1. The van der Waals surface area contributed by atoms with Crippen LogP contribution in [-0.2, 0) is 6.42 Å². The Hall–Kier alpha value is -1.87. The highest BCUT2D eigenvalue weighted by molar-refractivity contribution is 5.31. The first-order valence-electron chi connectivity index (χ1n) is 6.74. The summed E-state index contributed by atoms with van der Waals surface area (Å²) in [5.41, 5.74) is 9.09. The van der Waals surface area contributed by atoms with E-state index in [1.807, 2.05) is 6.07 Å². The van der Waals surface area contributed by atoms with Crippen molar-refractivity contribution >= 4 is 0 Å². The van der Waals surface area contributed by atoms with Gasteiger partial charge in [0.1, 0.15) is 11.6 Å². The zero-order valence-electron chi connectivity index (χ0n) is 11.9. The summed E-state index contributed by atoms with van der Waals surface area (Å²) < 4.78 is 18.9.